The zero-order valence-electron chi connectivity index (χ0n) is 13.6. The molecule has 0 fully saturated rings. The quantitative estimate of drug-likeness (QED) is 0.572. The number of hydrogen-bond donors (Lipinski definition) is 2. The number of rotatable bonds is 4. The van der Waals surface area contributed by atoms with E-state index in [2.05, 4.69) is 15.0 Å². The SMILES string of the molecule is COc1cccc(-n2c(=O)[nH]c3c(C(N)=O)nc(-c4cccs4)nc32)c1. The molecule has 0 unspecified atom stereocenters. The highest BCUT2D eigenvalue weighted by Crippen LogP contribution is 2.25. The van der Waals surface area contributed by atoms with E-state index in [-0.39, 0.29) is 16.9 Å². The summed E-state index contributed by atoms with van der Waals surface area (Å²) in [4.78, 5) is 36.6. The summed E-state index contributed by atoms with van der Waals surface area (Å²) in [6.45, 7) is 0. The Bertz CT molecular complexity index is 1180. The van der Waals surface area contributed by atoms with Gasteiger partial charge in [0.15, 0.2) is 17.2 Å². The molecule has 3 N–H and O–H groups in total. The molecule has 0 saturated heterocycles. The lowest BCUT2D eigenvalue weighted by Crippen LogP contribution is -2.15. The van der Waals surface area contributed by atoms with Gasteiger partial charge in [0.05, 0.1) is 17.7 Å². The Balaban J connectivity index is 2.06. The number of amides is 1. The van der Waals surface area contributed by atoms with Gasteiger partial charge in [-0.25, -0.2) is 19.3 Å². The molecule has 4 rings (SSSR count). The number of hydrogen-bond acceptors (Lipinski definition) is 6. The van der Waals surface area contributed by atoms with Gasteiger partial charge in [-0.2, -0.15) is 0 Å². The maximum Gasteiger partial charge on any atom is 0.332 e. The summed E-state index contributed by atoms with van der Waals surface area (Å²) in [6, 6.07) is 10.7. The Labute approximate surface area is 150 Å². The van der Waals surface area contributed by atoms with Gasteiger partial charge in [-0.3, -0.25) is 4.79 Å². The van der Waals surface area contributed by atoms with E-state index in [1.54, 1.807) is 31.4 Å². The molecule has 0 aliphatic carbocycles. The number of nitrogens with one attached hydrogen (secondary N) is 1. The number of nitrogens with zero attached hydrogens (tertiary/aromatic N) is 3. The van der Waals surface area contributed by atoms with E-state index < -0.39 is 11.6 Å². The largest absolute Gasteiger partial charge is 0.497 e. The van der Waals surface area contributed by atoms with Crippen molar-refractivity contribution in [3.63, 3.8) is 0 Å². The van der Waals surface area contributed by atoms with Crippen molar-refractivity contribution in [2.24, 2.45) is 5.73 Å². The van der Waals surface area contributed by atoms with Crippen LogP contribution in [-0.4, -0.2) is 32.5 Å². The van der Waals surface area contributed by atoms with Crippen LogP contribution in [0.2, 0.25) is 0 Å². The molecule has 0 saturated carbocycles. The first-order valence-corrected chi connectivity index (χ1v) is 8.47. The van der Waals surface area contributed by atoms with Crippen LogP contribution in [0.1, 0.15) is 10.5 Å². The molecule has 0 radical (unpaired) electrons. The Morgan fingerprint density at radius 1 is 1.27 bits per heavy atom. The van der Waals surface area contributed by atoms with Gasteiger partial charge in [-0.1, -0.05) is 12.1 Å². The summed E-state index contributed by atoms with van der Waals surface area (Å²) in [5.41, 5.74) is 6.01. The first-order valence-electron chi connectivity index (χ1n) is 7.59. The number of aromatic nitrogens is 4. The van der Waals surface area contributed by atoms with Crippen LogP contribution in [0.3, 0.4) is 0 Å². The lowest BCUT2D eigenvalue weighted by atomic mass is 10.3. The molecule has 0 spiro atoms. The minimum atomic E-state index is -0.741. The molecule has 130 valence electrons. The van der Waals surface area contributed by atoms with E-state index in [4.69, 9.17) is 10.5 Å². The third kappa shape index (κ3) is 2.54. The van der Waals surface area contributed by atoms with E-state index in [1.165, 1.54) is 15.9 Å². The molecule has 0 aliphatic rings. The zero-order chi connectivity index (χ0) is 18.3. The van der Waals surface area contributed by atoms with Crippen LogP contribution in [0.4, 0.5) is 0 Å². The van der Waals surface area contributed by atoms with Crippen molar-refractivity contribution in [3.8, 4) is 22.1 Å². The number of H-pyrrole nitrogens is 1. The Morgan fingerprint density at radius 2 is 2.12 bits per heavy atom. The fourth-order valence-corrected chi connectivity index (χ4v) is 3.33. The number of thiophene rings is 1. The van der Waals surface area contributed by atoms with Crippen LogP contribution < -0.4 is 16.2 Å². The van der Waals surface area contributed by atoms with Crippen molar-refractivity contribution in [2.75, 3.05) is 7.11 Å². The van der Waals surface area contributed by atoms with E-state index >= 15 is 0 Å². The van der Waals surface area contributed by atoms with Gasteiger partial charge in [0.1, 0.15) is 11.3 Å². The first kappa shape index (κ1) is 16.0. The minimum Gasteiger partial charge on any atom is -0.497 e. The average molecular weight is 367 g/mol. The van der Waals surface area contributed by atoms with Gasteiger partial charge in [-0.05, 0) is 23.6 Å². The molecule has 8 nitrogen and oxygen atoms in total. The second kappa shape index (κ2) is 6.12. The number of carbonyl (C=O) groups excluding carboxylic acids is 1. The number of fused-ring (bicyclic) bond motifs is 1. The number of primary amides is 1. The molecule has 3 heterocycles. The lowest BCUT2D eigenvalue weighted by Gasteiger charge is -2.07. The fourth-order valence-electron chi connectivity index (χ4n) is 2.67. The summed E-state index contributed by atoms with van der Waals surface area (Å²) in [5.74, 6) is 0.178. The molecule has 9 heteroatoms. The maximum atomic E-state index is 12.6. The molecule has 1 aromatic carbocycles. The first-order chi connectivity index (χ1) is 12.6. The standard InChI is InChI=1S/C17H13N5O3S/c1-25-10-5-2-4-9(8-10)22-16-13(20-17(22)24)12(14(18)23)19-15(21-16)11-6-3-7-26-11/h2-8H,1H3,(H2,18,23)(H,20,24). The van der Waals surface area contributed by atoms with Crippen LogP contribution in [0.5, 0.6) is 5.75 Å². The molecule has 0 bridgehead atoms. The van der Waals surface area contributed by atoms with Gasteiger partial charge in [-0.15, -0.1) is 11.3 Å². The molecule has 0 aliphatic heterocycles. The second-order valence-electron chi connectivity index (χ2n) is 5.40. The summed E-state index contributed by atoms with van der Waals surface area (Å²) in [6.07, 6.45) is 0. The third-order valence-corrected chi connectivity index (χ3v) is 4.69. The van der Waals surface area contributed by atoms with Crippen molar-refractivity contribution in [1.29, 1.82) is 0 Å². The van der Waals surface area contributed by atoms with Crippen molar-refractivity contribution in [3.05, 3.63) is 58.0 Å². The number of ether oxygens (including phenoxy) is 1. The lowest BCUT2D eigenvalue weighted by molar-refractivity contribution is 0.0997. The molecule has 4 aromatic rings. The van der Waals surface area contributed by atoms with Crippen LogP contribution >= 0.6 is 11.3 Å². The number of benzene rings is 1. The van der Waals surface area contributed by atoms with E-state index in [0.29, 0.717) is 17.3 Å². The van der Waals surface area contributed by atoms with Gasteiger partial charge in [0.25, 0.3) is 5.91 Å². The summed E-state index contributed by atoms with van der Waals surface area (Å²) in [7, 11) is 1.54. The number of nitrogens with two attached hydrogens (primary N) is 1. The predicted octanol–water partition coefficient (Wildman–Crippen LogP) is 1.94. The molecule has 1 amide bonds. The second-order valence-corrected chi connectivity index (χ2v) is 6.35. The monoisotopic (exact) mass is 367 g/mol. The van der Waals surface area contributed by atoms with Gasteiger partial charge >= 0.3 is 5.69 Å². The van der Waals surface area contributed by atoms with E-state index in [0.717, 1.165) is 4.88 Å². The smallest absolute Gasteiger partial charge is 0.332 e. The van der Waals surface area contributed by atoms with Crippen molar-refractivity contribution >= 4 is 28.4 Å². The van der Waals surface area contributed by atoms with Crippen LogP contribution in [-0.2, 0) is 0 Å². The number of imidazole rings is 1. The molecule has 0 atom stereocenters. The normalized spacial score (nSPS) is 11.0. The fraction of sp³-hybridized carbons (Fsp3) is 0.0588. The van der Waals surface area contributed by atoms with Crippen molar-refractivity contribution < 1.29 is 9.53 Å². The van der Waals surface area contributed by atoms with Crippen LogP contribution in [0.25, 0.3) is 27.6 Å². The van der Waals surface area contributed by atoms with Crippen LogP contribution in [0.15, 0.2) is 46.6 Å². The van der Waals surface area contributed by atoms with E-state index in [1.807, 2.05) is 17.5 Å². The zero-order valence-corrected chi connectivity index (χ0v) is 14.4. The maximum absolute atomic E-state index is 12.6. The molecular formula is C17H13N5O3S. The number of methoxy groups -OCH3 is 1. The van der Waals surface area contributed by atoms with E-state index in [9.17, 15) is 9.59 Å². The minimum absolute atomic E-state index is 0.0304. The predicted molar refractivity (Wildman–Crippen MR) is 97.9 cm³/mol. The highest BCUT2D eigenvalue weighted by Gasteiger charge is 2.20. The van der Waals surface area contributed by atoms with Gasteiger partial charge < -0.3 is 15.5 Å². The molecule has 26 heavy (non-hydrogen) atoms. The van der Waals surface area contributed by atoms with Crippen molar-refractivity contribution in [1.82, 2.24) is 19.5 Å². The highest BCUT2D eigenvalue weighted by atomic mass is 32.1. The average Bonchev–Trinajstić information content (AvgIpc) is 3.27. The van der Waals surface area contributed by atoms with Crippen molar-refractivity contribution in [2.45, 2.75) is 0 Å². The Hall–Kier alpha value is -3.46. The van der Waals surface area contributed by atoms with Gasteiger partial charge in [0, 0.05) is 6.07 Å². The highest BCUT2D eigenvalue weighted by molar-refractivity contribution is 7.13. The van der Waals surface area contributed by atoms with Gasteiger partial charge in [0.2, 0.25) is 0 Å². The van der Waals surface area contributed by atoms with Crippen LogP contribution in [0, 0.1) is 0 Å². The third-order valence-electron chi connectivity index (χ3n) is 3.82. The number of aromatic amines is 1. The summed E-state index contributed by atoms with van der Waals surface area (Å²) >= 11 is 1.42. The number of carbonyl (C=O) groups is 1. The summed E-state index contributed by atoms with van der Waals surface area (Å²) < 4.78 is 6.58. The molecule has 3 aromatic heterocycles. The Kier molecular flexibility index (Phi) is 3.77. The molecular weight excluding hydrogens is 354 g/mol. The Morgan fingerprint density at radius 3 is 2.81 bits per heavy atom. The summed E-state index contributed by atoms with van der Waals surface area (Å²) in [5, 5.41) is 1.87. The topological polar surface area (TPSA) is 116 Å².